The van der Waals surface area contributed by atoms with Crippen LogP contribution in [0.5, 0.6) is 5.75 Å². The van der Waals surface area contributed by atoms with Gasteiger partial charge in [-0.25, -0.2) is 0 Å². The molecule has 0 aliphatic rings. The van der Waals surface area contributed by atoms with Gasteiger partial charge in [0.2, 0.25) is 11.7 Å². The Labute approximate surface area is 201 Å². The number of ether oxygens (including phenoxy) is 1. The molecule has 186 valence electrons. The van der Waals surface area contributed by atoms with Crippen LogP contribution >= 0.6 is 0 Å². The molecular formula is C27H46N4O2. The van der Waals surface area contributed by atoms with Gasteiger partial charge in [-0.05, 0) is 56.9 Å². The van der Waals surface area contributed by atoms with Gasteiger partial charge in [-0.15, -0.1) is 0 Å². The zero-order valence-electron chi connectivity index (χ0n) is 22.0. The smallest absolute Gasteiger partial charge is 0.229 e. The summed E-state index contributed by atoms with van der Waals surface area (Å²) in [5.74, 6) is 3.35. The van der Waals surface area contributed by atoms with Gasteiger partial charge in [0.25, 0.3) is 0 Å². The first-order chi connectivity index (χ1) is 15.8. The molecule has 1 aromatic heterocycles. The summed E-state index contributed by atoms with van der Waals surface area (Å²) < 4.78 is 11.6. The standard InChI is InChI=1S/C24H38N2O2.C3H8N2/c1-6-8-10-11-12-13-15-27-22-19(4)16-21(17-20(22)5)23-25-24(28-26-23)18(3)14-9-7-2;1-3(4)5-2/h16-18H,6-15H2,1-5H3;1-2H3,(H2,4,5)/t18-;/m0./s1. The van der Waals surface area contributed by atoms with Crippen molar-refractivity contribution in [1.29, 1.82) is 0 Å². The minimum atomic E-state index is 0.309. The van der Waals surface area contributed by atoms with E-state index in [0.29, 0.717) is 17.6 Å². The topological polar surface area (TPSA) is 86.5 Å². The summed E-state index contributed by atoms with van der Waals surface area (Å²) in [6.45, 7) is 13.3. The first kappa shape index (κ1) is 28.7. The van der Waals surface area contributed by atoms with Crippen LogP contribution in [0.3, 0.4) is 0 Å². The monoisotopic (exact) mass is 458 g/mol. The highest BCUT2D eigenvalue weighted by molar-refractivity contribution is 5.77. The van der Waals surface area contributed by atoms with Gasteiger partial charge in [0.05, 0.1) is 12.4 Å². The Morgan fingerprint density at radius 3 is 2.18 bits per heavy atom. The summed E-state index contributed by atoms with van der Waals surface area (Å²) in [5.41, 5.74) is 8.30. The Hall–Kier alpha value is -2.37. The van der Waals surface area contributed by atoms with Crippen molar-refractivity contribution in [3.63, 3.8) is 0 Å². The molecule has 0 saturated carbocycles. The molecule has 0 bridgehead atoms. The molecule has 6 heteroatoms. The molecule has 1 heterocycles. The van der Waals surface area contributed by atoms with Crippen LogP contribution in [0, 0.1) is 13.8 Å². The predicted octanol–water partition coefficient (Wildman–Crippen LogP) is 7.38. The fourth-order valence-corrected chi connectivity index (χ4v) is 3.55. The third-order valence-corrected chi connectivity index (χ3v) is 5.67. The number of benzene rings is 1. The molecule has 0 amide bonds. The minimum absolute atomic E-state index is 0.309. The summed E-state index contributed by atoms with van der Waals surface area (Å²) in [5, 5.41) is 4.21. The van der Waals surface area contributed by atoms with Crippen molar-refractivity contribution in [1.82, 2.24) is 10.1 Å². The Bertz CT molecular complexity index is 802. The predicted molar refractivity (Wildman–Crippen MR) is 139 cm³/mol. The lowest BCUT2D eigenvalue weighted by Crippen LogP contribution is -2.03. The Balaban J connectivity index is 0.000000981. The SMILES string of the molecule is CCCCCCCCOc1c(C)cc(-c2noc([C@@H](C)CCCC)n2)cc1C.CN=C(C)N. The average Bonchev–Trinajstić information content (AvgIpc) is 3.29. The number of nitrogens with two attached hydrogens (primary N) is 1. The molecule has 0 spiro atoms. The van der Waals surface area contributed by atoms with Crippen molar-refractivity contribution in [2.75, 3.05) is 13.7 Å². The largest absolute Gasteiger partial charge is 0.493 e. The lowest BCUT2D eigenvalue weighted by molar-refractivity contribution is 0.300. The molecule has 2 aromatic rings. The fourth-order valence-electron chi connectivity index (χ4n) is 3.55. The first-order valence-electron chi connectivity index (χ1n) is 12.6. The summed E-state index contributed by atoms with van der Waals surface area (Å²) >= 11 is 0. The molecule has 0 fully saturated rings. The highest BCUT2D eigenvalue weighted by Gasteiger charge is 2.16. The highest BCUT2D eigenvalue weighted by atomic mass is 16.5. The summed E-state index contributed by atoms with van der Waals surface area (Å²) in [6, 6.07) is 4.21. The maximum absolute atomic E-state index is 6.09. The zero-order valence-corrected chi connectivity index (χ0v) is 22.0. The third-order valence-electron chi connectivity index (χ3n) is 5.67. The van der Waals surface area contributed by atoms with E-state index in [1.807, 2.05) is 0 Å². The fraction of sp³-hybridized carbons (Fsp3) is 0.667. The van der Waals surface area contributed by atoms with E-state index in [4.69, 9.17) is 15.0 Å². The number of aromatic nitrogens is 2. The van der Waals surface area contributed by atoms with Crippen LogP contribution in [0.25, 0.3) is 11.4 Å². The van der Waals surface area contributed by atoms with Crippen LogP contribution in [0.4, 0.5) is 0 Å². The number of amidine groups is 1. The molecule has 0 saturated heterocycles. The second-order valence-electron chi connectivity index (χ2n) is 8.92. The van der Waals surface area contributed by atoms with E-state index in [9.17, 15) is 0 Å². The Morgan fingerprint density at radius 1 is 1.03 bits per heavy atom. The van der Waals surface area contributed by atoms with Crippen molar-refractivity contribution in [2.24, 2.45) is 10.7 Å². The molecule has 1 atom stereocenters. The van der Waals surface area contributed by atoms with Gasteiger partial charge in [-0.1, -0.05) is 70.9 Å². The van der Waals surface area contributed by atoms with Gasteiger partial charge in [0.15, 0.2) is 0 Å². The number of hydrogen-bond donors (Lipinski definition) is 1. The second-order valence-corrected chi connectivity index (χ2v) is 8.92. The van der Waals surface area contributed by atoms with Gasteiger partial charge < -0.3 is 15.0 Å². The van der Waals surface area contributed by atoms with Crippen LogP contribution in [-0.4, -0.2) is 29.6 Å². The molecule has 33 heavy (non-hydrogen) atoms. The first-order valence-corrected chi connectivity index (χ1v) is 12.6. The molecular weight excluding hydrogens is 412 g/mol. The van der Waals surface area contributed by atoms with Crippen LogP contribution < -0.4 is 10.5 Å². The van der Waals surface area contributed by atoms with Crippen LogP contribution in [-0.2, 0) is 0 Å². The maximum Gasteiger partial charge on any atom is 0.229 e. The van der Waals surface area contributed by atoms with E-state index in [2.05, 4.69) is 61.9 Å². The molecule has 1 aromatic carbocycles. The van der Waals surface area contributed by atoms with E-state index in [1.54, 1.807) is 14.0 Å². The second kappa shape index (κ2) is 16.3. The molecule has 0 aliphatic heterocycles. The lowest BCUT2D eigenvalue weighted by atomic mass is 10.0. The van der Waals surface area contributed by atoms with E-state index in [1.165, 1.54) is 44.9 Å². The van der Waals surface area contributed by atoms with Gasteiger partial charge in [0.1, 0.15) is 5.75 Å². The van der Waals surface area contributed by atoms with Gasteiger partial charge >= 0.3 is 0 Å². The molecule has 2 rings (SSSR count). The van der Waals surface area contributed by atoms with E-state index < -0.39 is 0 Å². The number of unbranched alkanes of at least 4 members (excludes halogenated alkanes) is 6. The van der Waals surface area contributed by atoms with Crippen molar-refractivity contribution in [3.05, 3.63) is 29.2 Å². The summed E-state index contributed by atoms with van der Waals surface area (Å²) in [4.78, 5) is 8.22. The van der Waals surface area contributed by atoms with Gasteiger partial charge in [-0.2, -0.15) is 4.98 Å². The van der Waals surface area contributed by atoms with E-state index >= 15 is 0 Å². The number of rotatable bonds is 13. The Kier molecular flexibility index (Phi) is 14.1. The third kappa shape index (κ3) is 10.9. The van der Waals surface area contributed by atoms with Crippen molar-refractivity contribution in [3.8, 4) is 17.1 Å². The van der Waals surface area contributed by atoms with Crippen molar-refractivity contribution in [2.45, 2.75) is 105 Å². The molecule has 0 radical (unpaired) electrons. The summed E-state index contributed by atoms with van der Waals surface area (Å²) in [7, 11) is 1.66. The van der Waals surface area contributed by atoms with Crippen LogP contribution in [0.15, 0.2) is 21.6 Å². The number of nitrogens with zero attached hydrogens (tertiary/aromatic N) is 3. The molecule has 2 N–H and O–H groups in total. The number of aliphatic imine (C=N–C) groups is 1. The normalized spacial score (nSPS) is 12.3. The average molecular weight is 459 g/mol. The number of aryl methyl sites for hydroxylation is 2. The lowest BCUT2D eigenvalue weighted by Gasteiger charge is -2.13. The minimum Gasteiger partial charge on any atom is -0.493 e. The van der Waals surface area contributed by atoms with Gasteiger partial charge in [0, 0.05) is 18.5 Å². The molecule has 6 nitrogen and oxygen atoms in total. The van der Waals surface area contributed by atoms with Crippen LogP contribution in [0.2, 0.25) is 0 Å². The van der Waals surface area contributed by atoms with E-state index in [-0.39, 0.29) is 0 Å². The molecule has 0 unspecified atom stereocenters. The van der Waals surface area contributed by atoms with Gasteiger partial charge in [-0.3, -0.25) is 4.99 Å². The van der Waals surface area contributed by atoms with Crippen molar-refractivity contribution >= 4 is 5.84 Å². The highest BCUT2D eigenvalue weighted by Crippen LogP contribution is 2.30. The molecule has 0 aliphatic carbocycles. The maximum atomic E-state index is 6.09. The Morgan fingerprint density at radius 2 is 1.61 bits per heavy atom. The van der Waals surface area contributed by atoms with E-state index in [0.717, 1.165) is 47.8 Å². The quantitative estimate of drug-likeness (QED) is 0.192. The number of hydrogen-bond acceptors (Lipinski definition) is 5. The van der Waals surface area contributed by atoms with Crippen LogP contribution in [0.1, 0.15) is 108 Å². The summed E-state index contributed by atoms with van der Waals surface area (Å²) in [6.07, 6.45) is 11.1. The van der Waals surface area contributed by atoms with Crippen molar-refractivity contribution < 1.29 is 9.26 Å². The zero-order chi connectivity index (χ0) is 24.6.